The molecule has 0 bridgehead atoms. The average molecular weight is 361 g/mol. The molecule has 1 aromatic rings. The number of hydrogen-bond donors (Lipinski definition) is 1. The van der Waals surface area contributed by atoms with Gasteiger partial charge in [-0.25, -0.2) is 12.8 Å². The van der Waals surface area contributed by atoms with Gasteiger partial charge in [0, 0.05) is 25.7 Å². The van der Waals surface area contributed by atoms with E-state index >= 15 is 0 Å². The predicted molar refractivity (Wildman–Crippen MR) is 86.9 cm³/mol. The Morgan fingerprint density at radius 3 is 2.54 bits per heavy atom. The first-order chi connectivity index (χ1) is 11.2. The van der Waals surface area contributed by atoms with Crippen molar-refractivity contribution in [2.75, 3.05) is 30.7 Å². The second-order valence-electron chi connectivity index (χ2n) is 5.74. The summed E-state index contributed by atoms with van der Waals surface area (Å²) in [7, 11) is -3.49. The first kappa shape index (κ1) is 18.6. The third-order valence-corrected chi connectivity index (χ3v) is 5.42. The number of ether oxygens (including phenoxy) is 1. The van der Waals surface area contributed by atoms with Crippen LogP contribution >= 0.6 is 0 Å². The van der Waals surface area contributed by atoms with Crippen molar-refractivity contribution in [3.63, 3.8) is 0 Å². The lowest BCUT2D eigenvalue weighted by molar-refractivity contribution is -0.385. The standard InChI is InChI=1S/C14H20FN3O5S/c1-10-8-17(9-11(2)23-10)24(21,22)6-5-16-14-4-3-12(18(19)20)7-13(14)15/h3-4,7,10-11,16H,5-6,8-9H2,1-2H3/t10-,11+. The van der Waals surface area contributed by atoms with Crippen LogP contribution in [-0.2, 0) is 14.8 Å². The molecule has 0 aromatic heterocycles. The van der Waals surface area contributed by atoms with Crippen LogP contribution in [-0.4, -0.2) is 55.2 Å². The molecule has 10 heteroatoms. The largest absolute Gasteiger partial charge is 0.382 e. The Morgan fingerprint density at radius 1 is 1.38 bits per heavy atom. The highest BCUT2D eigenvalue weighted by molar-refractivity contribution is 7.89. The summed E-state index contributed by atoms with van der Waals surface area (Å²) in [5, 5.41) is 13.2. The van der Waals surface area contributed by atoms with E-state index in [1.54, 1.807) is 0 Å². The molecule has 2 rings (SSSR count). The van der Waals surface area contributed by atoms with E-state index in [0.29, 0.717) is 13.1 Å². The van der Waals surface area contributed by atoms with Crippen LogP contribution in [0.25, 0.3) is 0 Å². The van der Waals surface area contributed by atoms with E-state index in [4.69, 9.17) is 4.74 Å². The number of hydrogen-bond acceptors (Lipinski definition) is 6. The van der Waals surface area contributed by atoms with Crippen LogP contribution in [0.2, 0.25) is 0 Å². The minimum atomic E-state index is -3.49. The number of nitro benzene ring substituents is 1. The summed E-state index contributed by atoms with van der Waals surface area (Å²) in [6.45, 7) is 4.19. The van der Waals surface area contributed by atoms with Gasteiger partial charge in [0.1, 0.15) is 0 Å². The maximum Gasteiger partial charge on any atom is 0.272 e. The third kappa shape index (κ3) is 4.62. The number of morpholine rings is 1. The molecule has 1 N–H and O–H groups in total. The SMILES string of the molecule is C[C@@H]1CN(S(=O)(=O)CCNc2ccc([N+](=O)[O-])cc2F)C[C@H](C)O1. The van der Waals surface area contributed by atoms with Crippen LogP contribution in [0.15, 0.2) is 18.2 Å². The molecule has 0 radical (unpaired) electrons. The van der Waals surface area contributed by atoms with E-state index in [1.807, 2.05) is 13.8 Å². The van der Waals surface area contributed by atoms with Crippen molar-refractivity contribution >= 4 is 21.4 Å². The monoisotopic (exact) mass is 361 g/mol. The Balaban J connectivity index is 1.94. The summed E-state index contributed by atoms with van der Waals surface area (Å²) in [4.78, 5) is 9.87. The van der Waals surface area contributed by atoms with Crippen molar-refractivity contribution in [3.8, 4) is 0 Å². The minimum absolute atomic E-state index is 0.00279. The van der Waals surface area contributed by atoms with Gasteiger partial charge in [-0.2, -0.15) is 4.31 Å². The van der Waals surface area contributed by atoms with Crippen LogP contribution in [0.1, 0.15) is 13.8 Å². The maximum atomic E-state index is 13.7. The molecule has 1 fully saturated rings. The van der Waals surface area contributed by atoms with Crippen molar-refractivity contribution in [2.24, 2.45) is 0 Å². The number of anilines is 1. The molecule has 0 unspecified atom stereocenters. The first-order valence-electron chi connectivity index (χ1n) is 7.50. The first-order valence-corrected chi connectivity index (χ1v) is 9.11. The number of rotatable bonds is 6. The summed E-state index contributed by atoms with van der Waals surface area (Å²) >= 11 is 0. The molecule has 2 atom stereocenters. The molecular weight excluding hydrogens is 341 g/mol. The molecular formula is C14H20FN3O5S. The number of nitrogens with one attached hydrogen (secondary N) is 1. The van der Waals surface area contributed by atoms with E-state index in [1.165, 1.54) is 10.4 Å². The van der Waals surface area contributed by atoms with Crippen LogP contribution in [0.5, 0.6) is 0 Å². The van der Waals surface area contributed by atoms with Crippen molar-refractivity contribution in [1.82, 2.24) is 4.31 Å². The lowest BCUT2D eigenvalue weighted by Gasteiger charge is -2.34. The molecule has 0 aliphatic carbocycles. The number of halogens is 1. The fourth-order valence-corrected chi connectivity index (χ4v) is 4.05. The molecule has 1 heterocycles. The Morgan fingerprint density at radius 2 is 2.00 bits per heavy atom. The minimum Gasteiger partial charge on any atom is -0.382 e. The van der Waals surface area contributed by atoms with Gasteiger partial charge in [-0.15, -0.1) is 0 Å². The molecule has 1 aromatic carbocycles. The number of nitrogens with zero attached hydrogens (tertiary/aromatic N) is 2. The quantitative estimate of drug-likeness (QED) is 0.610. The van der Waals surface area contributed by atoms with Crippen molar-refractivity contribution in [2.45, 2.75) is 26.1 Å². The molecule has 0 amide bonds. The van der Waals surface area contributed by atoms with Crippen LogP contribution < -0.4 is 5.32 Å². The van der Waals surface area contributed by atoms with Gasteiger partial charge in [0.2, 0.25) is 10.0 Å². The van der Waals surface area contributed by atoms with Gasteiger partial charge >= 0.3 is 0 Å². The summed E-state index contributed by atoms with van der Waals surface area (Å²) < 4.78 is 45.3. The number of non-ortho nitro benzene ring substituents is 1. The highest BCUT2D eigenvalue weighted by Gasteiger charge is 2.30. The van der Waals surface area contributed by atoms with Gasteiger partial charge in [-0.05, 0) is 19.9 Å². The zero-order chi connectivity index (χ0) is 17.9. The summed E-state index contributed by atoms with van der Waals surface area (Å²) in [6.07, 6.45) is -0.354. The highest BCUT2D eigenvalue weighted by atomic mass is 32.2. The van der Waals surface area contributed by atoms with E-state index in [9.17, 15) is 22.9 Å². The normalized spacial score (nSPS) is 22.3. The Labute approximate surface area is 139 Å². The predicted octanol–water partition coefficient (Wildman–Crippen LogP) is 1.58. The van der Waals surface area contributed by atoms with E-state index < -0.39 is 20.8 Å². The molecule has 24 heavy (non-hydrogen) atoms. The highest BCUT2D eigenvalue weighted by Crippen LogP contribution is 2.20. The number of nitro groups is 1. The molecule has 134 valence electrons. The average Bonchev–Trinajstić information content (AvgIpc) is 2.47. The van der Waals surface area contributed by atoms with Gasteiger partial charge < -0.3 is 10.1 Å². The second kappa shape index (κ2) is 7.41. The van der Waals surface area contributed by atoms with E-state index in [0.717, 1.165) is 12.1 Å². The second-order valence-corrected chi connectivity index (χ2v) is 7.83. The zero-order valence-corrected chi connectivity index (χ0v) is 14.3. The molecule has 0 spiro atoms. The molecule has 1 saturated heterocycles. The summed E-state index contributed by atoms with van der Waals surface area (Å²) in [6, 6.07) is 3.17. The van der Waals surface area contributed by atoms with Gasteiger partial charge in [-0.3, -0.25) is 10.1 Å². The smallest absolute Gasteiger partial charge is 0.272 e. The molecule has 1 aliphatic heterocycles. The Kier molecular flexibility index (Phi) is 5.73. The van der Waals surface area contributed by atoms with Crippen LogP contribution in [0, 0.1) is 15.9 Å². The van der Waals surface area contributed by atoms with E-state index in [2.05, 4.69) is 5.32 Å². The molecule has 8 nitrogen and oxygen atoms in total. The van der Waals surface area contributed by atoms with E-state index in [-0.39, 0.29) is 35.9 Å². The molecule has 1 aliphatic rings. The fourth-order valence-electron chi connectivity index (χ4n) is 2.56. The van der Waals surface area contributed by atoms with Crippen LogP contribution in [0.3, 0.4) is 0 Å². The summed E-state index contributed by atoms with van der Waals surface area (Å²) in [5.74, 6) is -1.00. The van der Waals surface area contributed by atoms with Gasteiger partial charge in [-0.1, -0.05) is 0 Å². The maximum absolute atomic E-state index is 13.7. The fraction of sp³-hybridized carbons (Fsp3) is 0.571. The lowest BCUT2D eigenvalue weighted by Crippen LogP contribution is -2.49. The van der Waals surface area contributed by atoms with Crippen molar-refractivity contribution < 1.29 is 22.5 Å². The lowest BCUT2D eigenvalue weighted by atomic mass is 10.2. The Bertz CT molecular complexity index is 702. The number of benzene rings is 1. The van der Waals surface area contributed by atoms with Crippen molar-refractivity contribution in [1.29, 1.82) is 0 Å². The van der Waals surface area contributed by atoms with Gasteiger partial charge in [0.15, 0.2) is 5.82 Å². The third-order valence-electron chi connectivity index (χ3n) is 3.62. The van der Waals surface area contributed by atoms with Crippen molar-refractivity contribution in [3.05, 3.63) is 34.1 Å². The number of sulfonamides is 1. The topological polar surface area (TPSA) is 102 Å². The van der Waals surface area contributed by atoms with Gasteiger partial charge in [0.25, 0.3) is 5.69 Å². The zero-order valence-electron chi connectivity index (χ0n) is 13.4. The van der Waals surface area contributed by atoms with Gasteiger partial charge in [0.05, 0.1) is 34.6 Å². The Hall–Kier alpha value is -1.78. The molecule has 0 saturated carbocycles. The summed E-state index contributed by atoms with van der Waals surface area (Å²) in [5.41, 5.74) is -0.332. The van der Waals surface area contributed by atoms with Crippen LogP contribution in [0.4, 0.5) is 15.8 Å².